The molecule has 1 fully saturated rings. The molecule has 7 heteroatoms. The normalized spacial score (nSPS) is 16.6. The highest BCUT2D eigenvalue weighted by Crippen LogP contribution is 2.20. The molecular formula is C17H22N6S. The summed E-state index contributed by atoms with van der Waals surface area (Å²) in [6.45, 7) is 7.29. The summed E-state index contributed by atoms with van der Waals surface area (Å²) < 4.78 is 6.60. The Bertz CT molecular complexity index is 810. The van der Waals surface area contributed by atoms with Crippen LogP contribution in [0.1, 0.15) is 24.9 Å². The Morgan fingerprint density at radius 1 is 1.17 bits per heavy atom. The maximum Gasteiger partial charge on any atom is 0.205 e. The van der Waals surface area contributed by atoms with E-state index >= 15 is 0 Å². The number of hydrogen-bond acceptors (Lipinski definition) is 6. The van der Waals surface area contributed by atoms with Crippen LogP contribution in [0.15, 0.2) is 30.6 Å². The van der Waals surface area contributed by atoms with Gasteiger partial charge >= 0.3 is 0 Å². The van der Waals surface area contributed by atoms with Gasteiger partial charge in [0.15, 0.2) is 0 Å². The number of fused-ring (bicyclic) bond motifs is 1. The van der Waals surface area contributed by atoms with Crippen LogP contribution in [0.3, 0.4) is 0 Å². The van der Waals surface area contributed by atoms with Crippen LogP contribution in [-0.4, -0.2) is 49.8 Å². The van der Waals surface area contributed by atoms with Crippen LogP contribution in [0.2, 0.25) is 0 Å². The molecule has 4 rings (SSSR count). The predicted octanol–water partition coefficient (Wildman–Crippen LogP) is 2.46. The first-order valence-electron chi connectivity index (χ1n) is 8.54. The molecule has 1 aliphatic heterocycles. The number of aryl methyl sites for hydroxylation is 1. The highest BCUT2D eigenvalue weighted by molar-refractivity contribution is 7.09. The van der Waals surface area contributed by atoms with Gasteiger partial charge < -0.3 is 9.30 Å². The molecule has 24 heavy (non-hydrogen) atoms. The maximum absolute atomic E-state index is 4.64. The van der Waals surface area contributed by atoms with Gasteiger partial charge in [-0.15, -0.1) is 0 Å². The van der Waals surface area contributed by atoms with E-state index in [1.165, 1.54) is 17.2 Å². The fourth-order valence-corrected chi connectivity index (χ4v) is 4.00. The maximum atomic E-state index is 4.64. The van der Waals surface area contributed by atoms with Crippen LogP contribution < -0.4 is 4.90 Å². The Labute approximate surface area is 145 Å². The first kappa shape index (κ1) is 15.5. The number of anilines is 1. The zero-order chi connectivity index (χ0) is 16.4. The average Bonchev–Trinajstić information content (AvgIpc) is 3.22. The lowest BCUT2D eigenvalue weighted by Crippen LogP contribution is -2.30. The van der Waals surface area contributed by atoms with Crippen LogP contribution in [0.25, 0.3) is 5.65 Å². The van der Waals surface area contributed by atoms with Crippen molar-refractivity contribution in [3.05, 3.63) is 42.1 Å². The molecule has 1 aliphatic rings. The molecule has 4 heterocycles. The van der Waals surface area contributed by atoms with Crippen LogP contribution >= 0.6 is 11.5 Å². The summed E-state index contributed by atoms with van der Waals surface area (Å²) in [4.78, 5) is 13.9. The minimum Gasteiger partial charge on any atom is -0.346 e. The lowest BCUT2D eigenvalue weighted by molar-refractivity contribution is 0.281. The summed E-state index contributed by atoms with van der Waals surface area (Å²) in [6.07, 6.45) is 5.97. The van der Waals surface area contributed by atoms with E-state index in [0.29, 0.717) is 0 Å². The van der Waals surface area contributed by atoms with Gasteiger partial charge in [-0.3, -0.25) is 4.90 Å². The van der Waals surface area contributed by atoms with E-state index in [1.54, 1.807) is 0 Å². The molecule has 1 saturated heterocycles. The lowest BCUT2D eigenvalue weighted by Gasteiger charge is -2.21. The molecule has 0 spiro atoms. The average molecular weight is 342 g/mol. The fourth-order valence-electron chi connectivity index (χ4n) is 3.20. The largest absolute Gasteiger partial charge is 0.346 e. The number of hydrogen-bond donors (Lipinski definition) is 0. The van der Waals surface area contributed by atoms with Crippen molar-refractivity contribution in [3.63, 3.8) is 0 Å². The summed E-state index contributed by atoms with van der Waals surface area (Å²) in [5.41, 5.74) is 2.31. The SMILES string of the molecule is CCc1nsc(N2CCCN(Cc3cccc4nccn34)CC2)n1. The molecular weight excluding hydrogens is 320 g/mol. The third-order valence-corrected chi connectivity index (χ3v) is 5.35. The molecule has 6 nitrogen and oxygen atoms in total. The highest BCUT2D eigenvalue weighted by Gasteiger charge is 2.18. The Hall–Kier alpha value is -1.99. The van der Waals surface area contributed by atoms with Crippen molar-refractivity contribution in [1.82, 2.24) is 23.6 Å². The van der Waals surface area contributed by atoms with Crippen LogP contribution in [-0.2, 0) is 13.0 Å². The number of rotatable bonds is 4. The van der Waals surface area contributed by atoms with Gasteiger partial charge in [0.05, 0.1) is 0 Å². The quantitative estimate of drug-likeness (QED) is 0.729. The first-order valence-corrected chi connectivity index (χ1v) is 9.31. The van der Waals surface area contributed by atoms with Gasteiger partial charge in [-0.1, -0.05) is 13.0 Å². The third kappa shape index (κ3) is 3.14. The van der Waals surface area contributed by atoms with Crippen LogP contribution in [0, 0.1) is 0 Å². The number of aromatic nitrogens is 4. The second-order valence-electron chi connectivity index (χ2n) is 6.14. The molecule has 0 N–H and O–H groups in total. The lowest BCUT2D eigenvalue weighted by atomic mass is 10.3. The molecule has 0 aromatic carbocycles. The molecule has 0 saturated carbocycles. The standard InChI is InChI=1S/C17H22N6S/c1-2-15-19-17(24-20-15)22-9-4-8-21(11-12-22)13-14-5-3-6-16-18-7-10-23(14)16/h3,5-7,10H,2,4,8-9,11-13H2,1H3. The summed E-state index contributed by atoms with van der Waals surface area (Å²) in [6, 6.07) is 6.33. The Morgan fingerprint density at radius 2 is 2.12 bits per heavy atom. The van der Waals surface area contributed by atoms with Crippen molar-refractivity contribution in [2.45, 2.75) is 26.3 Å². The highest BCUT2D eigenvalue weighted by atomic mass is 32.1. The number of nitrogens with zero attached hydrogens (tertiary/aromatic N) is 6. The molecule has 126 valence electrons. The number of imidazole rings is 1. The molecule has 3 aromatic heterocycles. The second-order valence-corrected chi connectivity index (χ2v) is 6.87. The Kier molecular flexibility index (Phi) is 4.44. The fraction of sp³-hybridized carbons (Fsp3) is 0.471. The van der Waals surface area contributed by atoms with Gasteiger partial charge in [-0.05, 0) is 18.6 Å². The van der Waals surface area contributed by atoms with E-state index in [-0.39, 0.29) is 0 Å². The molecule has 0 aliphatic carbocycles. The van der Waals surface area contributed by atoms with Gasteiger partial charge in [0.1, 0.15) is 11.5 Å². The van der Waals surface area contributed by atoms with Gasteiger partial charge in [-0.25, -0.2) is 9.97 Å². The molecule has 3 aromatic rings. The van der Waals surface area contributed by atoms with Crippen molar-refractivity contribution in [2.24, 2.45) is 0 Å². The van der Waals surface area contributed by atoms with Gasteiger partial charge in [0, 0.05) is 68.8 Å². The molecule has 0 bridgehead atoms. The van der Waals surface area contributed by atoms with E-state index < -0.39 is 0 Å². The topological polar surface area (TPSA) is 49.6 Å². The summed E-state index contributed by atoms with van der Waals surface area (Å²) in [5, 5.41) is 1.07. The van der Waals surface area contributed by atoms with Crippen molar-refractivity contribution in [2.75, 3.05) is 31.1 Å². The third-order valence-electron chi connectivity index (χ3n) is 4.53. The summed E-state index contributed by atoms with van der Waals surface area (Å²) in [7, 11) is 0. The molecule has 0 atom stereocenters. The van der Waals surface area contributed by atoms with Gasteiger partial charge in [0.25, 0.3) is 0 Å². The van der Waals surface area contributed by atoms with Crippen LogP contribution in [0.4, 0.5) is 5.13 Å². The van der Waals surface area contributed by atoms with Crippen molar-refractivity contribution < 1.29 is 0 Å². The van der Waals surface area contributed by atoms with Crippen molar-refractivity contribution in [3.8, 4) is 0 Å². The van der Waals surface area contributed by atoms with E-state index in [4.69, 9.17) is 0 Å². The van der Waals surface area contributed by atoms with E-state index in [0.717, 1.165) is 62.2 Å². The summed E-state index contributed by atoms with van der Waals surface area (Å²) >= 11 is 1.53. The smallest absolute Gasteiger partial charge is 0.205 e. The minimum atomic E-state index is 0.908. The zero-order valence-electron chi connectivity index (χ0n) is 13.9. The van der Waals surface area contributed by atoms with Gasteiger partial charge in [-0.2, -0.15) is 4.37 Å². The number of pyridine rings is 1. The molecule has 0 radical (unpaired) electrons. The molecule has 0 unspecified atom stereocenters. The monoisotopic (exact) mass is 342 g/mol. The first-order chi connectivity index (χ1) is 11.8. The zero-order valence-corrected chi connectivity index (χ0v) is 14.7. The van der Waals surface area contributed by atoms with E-state index in [1.807, 2.05) is 12.4 Å². The van der Waals surface area contributed by atoms with E-state index in [9.17, 15) is 0 Å². The van der Waals surface area contributed by atoms with E-state index in [2.05, 4.69) is 53.7 Å². The predicted molar refractivity (Wildman–Crippen MR) is 96.6 cm³/mol. The second kappa shape index (κ2) is 6.86. The van der Waals surface area contributed by atoms with Crippen LogP contribution in [0.5, 0.6) is 0 Å². The van der Waals surface area contributed by atoms with Crippen molar-refractivity contribution >= 4 is 22.3 Å². The Balaban J connectivity index is 1.44. The molecule has 0 amide bonds. The summed E-state index contributed by atoms with van der Waals surface area (Å²) in [5.74, 6) is 0.961. The van der Waals surface area contributed by atoms with Crippen molar-refractivity contribution in [1.29, 1.82) is 0 Å². The van der Waals surface area contributed by atoms with Gasteiger partial charge in [0.2, 0.25) is 5.13 Å². The Morgan fingerprint density at radius 3 is 3.00 bits per heavy atom. The minimum absolute atomic E-state index is 0.908.